The number of fused-ring (bicyclic) bond motifs is 1. The molecule has 6 nitrogen and oxygen atoms in total. The van der Waals surface area contributed by atoms with Crippen molar-refractivity contribution >= 4 is 29.9 Å². The van der Waals surface area contributed by atoms with Crippen LogP contribution in [0.1, 0.15) is 11.1 Å². The van der Waals surface area contributed by atoms with E-state index in [4.69, 9.17) is 9.47 Å². The molecule has 2 aromatic rings. The molecular formula is C23H31IN4O2. The standard InChI is InChI=1S/C23H30N4O2.HI/c1-24-23(25-14-19-9-6-10-20(13-19)28-2)27-16-21-22(17-27)29-12-11-26(21)15-18-7-4-3-5-8-18;/h3-10,13,21-22H,11-12,14-17H2,1-2H3,(H,24,25);1H. The Morgan fingerprint density at radius 2 is 1.93 bits per heavy atom. The summed E-state index contributed by atoms with van der Waals surface area (Å²) in [7, 11) is 3.54. The molecule has 2 fully saturated rings. The first-order valence-electron chi connectivity index (χ1n) is 10.2. The topological polar surface area (TPSA) is 49.3 Å². The number of ether oxygens (including phenoxy) is 2. The van der Waals surface area contributed by atoms with Gasteiger partial charge in [0.15, 0.2) is 5.96 Å². The third-order valence-corrected chi connectivity index (χ3v) is 5.74. The second-order valence-corrected chi connectivity index (χ2v) is 7.59. The zero-order valence-electron chi connectivity index (χ0n) is 17.7. The minimum atomic E-state index is 0. The van der Waals surface area contributed by atoms with Crippen LogP contribution in [-0.4, -0.2) is 68.3 Å². The lowest BCUT2D eigenvalue weighted by atomic mass is 10.1. The molecule has 2 atom stereocenters. The van der Waals surface area contributed by atoms with Crippen LogP contribution in [0.4, 0.5) is 0 Å². The zero-order chi connectivity index (χ0) is 20.1. The van der Waals surface area contributed by atoms with Gasteiger partial charge in [0.05, 0.1) is 25.9 Å². The van der Waals surface area contributed by atoms with E-state index in [1.54, 1.807) is 7.11 Å². The molecule has 7 heteroatoms. The van der Waals surface area contributed by atoms with Crippen LogP contribution in [0.15, 0.2) is 59.6 Å². The molecule has 2 saturated heterocycles. The van der Waals surface area contributed by atoms with E-state index >= 15 is 0 Å². The molecule has 30 heavy (non-hydrogen) atoms. The van der Waals surface area contributed by atoms with Crippen molar-refractivity contribution in [3.63, 3.8) is 0 Å². The molecule has 0 bridgehead atoms. The fraction of sp³-hybridized carbons (Fsp3) is 0.435. The highest BCUT2D eigenvalue weighted by atomic mass is 127. The Balaban J connectivity index is 0.00000256. The number of likely N-dealkylation sites (tertiary alicyclic amines) is 1. The van der Waals surface area contributed by atoms with Crippen LogP contribution in [0.25, 0.3) is 0 Å². The van der Waals surface area contributed by atoms with Gasteiger partial charge in [-0.15, -0.1) is 24.0 Å². The smallest absolute Gasteiger partial charge is 0.194 e. The summed E-state index contributed by atoms with van der Waals surface area (Å²) in [6.45, 7) is 5.24. The van der Waals surface area contributed by atoms with Crippen molar-refractivity contribution < 1.29 is 9.47 Å². The van der Waals surface area contributed by atoms with Gasteiger partial charge in [0.2, 0.25) is 0 Å². The number of benzene rings is 2. The predicted molar refractivity (Wildman–Crippen MR) is 131 cm³/mol. The second-order valence-electron chi connectivity index (χ2n) is 7.59. The Morgan fingerprint density at radius 1 is 1.13 bits per heavy atom. The average Bonchev–Trinajstić information content (AvgIpc) is 3.20. The van der Waals surface area contributed by atoms with Crippen molar-refractivity contribution in [3.05, 3.63) is 65.7 Å². The number of hydrogen-bond donors (Lipinski definition) is 1. The summed E-state index contributed by atoms with van der Waals surface area (Å²) < 4.78 is 11.4. The monoisotopic (exact) mass is 522 g/mol. The second kappa shape index (κ2) is 11.0. The van der Waals surface area contributed by atoms with Gasteiger partial charge in [-0.05, 0) is 23.3 Å². The number of aliphatic imine (C=N–C) groups is 1. The zero-order valence-corrected chi connectivity index (χ0v) is 20.0. The number of rotatable bonds is 5. The highest BCUT2D eigenvalue weighted by molar-refractivity contribution is 14.0. The first-order chi connectivity index (χ1) is 14.3. The van der Waals surface area contributed by atoms with Gasteiger partial charge in [-0.2, -0.15) is 0 Å². The summed E-state index contributed by atoms with van der Waals surface area (Å²) in [5, 5.41) is 3.50. The first-order valence-corrected chi connectivity index (χ1v) is 10.2. The Hall–Kier alpha value is -1.84. The third-order valence-electron chi connectivity index (χ3n) is 5.74. The molecule has 2 aliphatic rings. The summed E-state index contributed by atoms with van der Waals surface area (Å²) in [5.41, 5.74) is 2.52. The highest BCUT2D eigenvalue weighted by Crippen LogP contribution is 2.24. The van der Waals surface area contributed by atoms with E-state index in [1.807, 2.05) is 19.2 Å². The molecule has 0 saturated carbocycles. The van der Waals surface area contributed by atoms with Gasteiger partial charge in [-0.1, -0.05) is 42.5 Å². The molecule has 2 unspecified atom stereocenters. The van der Waals surface area contributed by atoms with Crippen molar-refractivity contribution in [2.75, 3.05) is 40.4 Å². The summed E-state index contributed by atoms with van der Waals surface area (Å²) in [4.78, 5) is 9.39. The van der Waals surface area contributed by atoms with Crippen LogP contribution in [-0.2, 0) is 17.8 Å². The quantitative estimate of drug-likeness (QED) is 0.372. The van der Waals surface area contributed by atoms with Gasteiger partial charge in [-0.3, -0.25) is 9.89 Å². The lowest BCUT2D eigenvalue weighted by Gasteiger charge is -2.36. The van der Waals surface area contributed by atoms with Crippen molar-refractivity contribution in [1.82, 2.24) is 15.1 Å². The van der Waals surface area contributed by atoms with Gasteiger partial charge in [0, 0.05) is 39.8 Å². The van der Waals surface area contributed by atoms with Crippen molar-refractivity contribution in [2.45, 2.75) is 25.2 Å². The fourth-order valence-corrected chi connectivity index (χ4v) is 4.24. The van der Waals surface area contributed by atoms with Crippen molar-refractivity contribution in [3.8, 4) is 5.75 Å². The minimum Gasteiger partial charge on any atom is -0.497 e. The normalized spacial score (nSPS) is 21.7. The number of hydrogen-bond acceptors (Lipinski definition) is 4. The third kappa shape index (κ3) is 5.44. The number of nitrogens with zero attached hydrogens (tertiary/aromatic N) is 3. The number of morpholine rings is 1. The highest BCUT2D eigenvalue weighted by Gasteiger charge is 2.41. The maximum absolute atomic E-state index is 6.11. The predicted octanol–water partition coefficient (Wildman–Crippen LogP) is 2.97. The maximum Gasteiger partial charge on any atom is 0.194 e. The molecular weight excluding hydrogens is 491 g/mol. The van der Waals surface area contributed by atoms with E-state index in [0.29, 0.717) is 12.6 Å². The van der Waals surface area contributed by atoms with Gasteiger partial charge >= 0.3 is 0 Å². The Labute approximate surface area is 196 Å². The Bertz CT molecular complexity index is 833. The first kappa shape index (κ1) is 22.8. The van der Waals surface area contributed by atoms with Gasteiger partial charge in [-0.25, -0.2) is 0 Å². The molecule has 2 heterocycles. The molecule has 0 radical (unpaired) electrons. The summed E-state index contributed by atoms with van der Waals surface area (Å²) in [6, 6.07) is 19.2. The fourth-order valence-electron chi connectivity index (χ4n) is 4.24. The largest absolute Gasteiger partial charge is 0.497 e. The summed E-state index contributed by atoms with van der Waals surface area (Å²) in [6.07, 6.45) is 0.225. The Morgan fingerprint density at radius 3 is 2.70 bits per heavy atom. The molecule has 0 aromatic heterocycles. The summed E-state index contributed by atoms with van der Waals surface area (Å²) >= 11 is 0. The molecule has 0 aliphatic carbocycles. The van der Waals surface area contributed by atoms with Crippen molar-refractivity contribution in [1.29, 1.82) is 0 Å². The molecule has 2 aliphatic heterocycles. The summed E-state index contributed by atoms with van der Waals surface area (Å²) in [5.74, 6) is 1.79. The van der Waals surface area contributed by atoms with E-state index in [2.05, 4.69) is 62.6 Å². The van der Waals surface area contributed by atoms with Crippen LogP contribution >= 0.6 is 24.0 Å². The number of nitrogens with one attached hydrogen (secondary N) is 1. The minimum absolute atomic E-state index is 0. The van der Waals surface area contributed by atoms with E-state index in [9.17, 15) is 0 Å². The van der Waals surface area contributed by atoms with Crippen LogP contribution in [0.2, 0.25) is 0 Å². The van der Waals surface area contributed by atoms with E-state index < -0.39 is 0 Å². The van der Waals surface area contributed by atoms with Gasteiger partial charge in [0.1, 0.15) is 5.75 Å². The van der Waals surface area contributed by atoms with Gasteiger partial charge < -0.3 is 19.7 Å². The van der Waals surface area contributed by atoms with E-state index in [1.165, 1.54) is 11.1 Å². The molecule has 4 rings (SSSR count). The SMILES string of the molecule is CN=C(NCc1cccc(OC)c1)N1CC2OCCN(Cc3ccccc3)C2C1.I. The van der Waals surface area contributed by atoms with Crippen molar-refractivity contribution in [2.24, 2.45) is 4.99 Å². The lowest BCUT2D eigenvalue weighted by Crippen LogP contribution is -2.50. The van der Waals surface area contributed by atoms with Crippen LogP contribution in [0, 0.1) is 0 Å². The molecule has 2 aromatic carbocycles. The van der Waals surface area contributed by atoms with Crippen LogP contribution in [0.3, 0.4) is 0 Å². The van der Waals surface area contributed by atoms with Crippen LogP contribution in [0.5, 0.6) is 5.75 Å². The average molecular weight is 522 g/mol. The van der Waals surface area contributed by atoms with Gasteiger partial charge in [0.25, 0.3) is 0 Å². The number of halogens is 1. The van der Waals surface area contributed by atoms with Crippen LogP contribution < -0.4 is 10.1 Å². The molecule has 0 amide bonds. The van der Waals surface area contributed by atoms with E-state index in [-0.39, 0.29) is 30.1 Å². The lowest BCUT2D eigenvalue weighted by molar-refractivity contribution is -0.0502. The number of guanidine groups is 1. The molecule has 162 valence electrons. The number of methoxy groups -OCH3 is 1. The van der Waals surface area contributed by atoms with E-state index in [0.717, 1.165) is 44.5 Å². The Kier molecular flexibility index (Phi) is 8.35. The molecule has 1 N–H and O–H groups in total. The maximum atomic E-state index is 6.11. The molecule has 0 spiro atoms.